The summed E-state index contributed by atoms with van der Waals surface area (Å²) in [6, 6.07) is 3.78. The summed E-state index contributed by atoms with van der Waals surface area (Å²) in [5, 5.41) is 0.505. The Morgan fingerprint density at radius 3 is 2.56 bits per heavy atom. The van der Waals surface area contributed by atoms with Crippen molar-refractivity contribution < 1.29 is 8.42 Å². The summed E-state index contributed by atoms with van der Waals surface area (Å²) in [6.07, 6.45) is 5.84. The molecule has 6 heteroatoms. The fourth-order valence-electron chi connectivity index (χ4n) is 2.31. The number of piperidine rings is 1. The second-order valence-corrected chi connectivity index (χ2v) is 7.17. The number of nitrogens with zero attached hydrogens (tertiary/aromatic N) is 2. The third-order valence-electron chi connectivity index (χ3n) is 3.36. The zero-order valence-corrected chi connectivity index (χ0v) is 11.9. The van der Waals surface area contributed by atoms with Crippen LogP contribution in [-0.4, -0.2) is 37.1 Å². The number of sulfonamides is 1. The molecule has 0 saturated carbocycles. The minimum Gasteiger partial charge on any atom is -0.244 e. The molecule has 0 radical (unpaired) electrons. The molecule has 1 fully saturated rings. The van der Waals surface area contributed by atoms with Gasteiger partial charge < -0.3 is 0 Å². The van der Waals surface area contributed by atoms with Gasteiger partial charge in [-0.2, -0.15) is 0 Å². The summed E-state index contributed by atoms with van der Waals surface area (Å²) < 4.78 is 24.3. The molecule has 0 amide bonds. The molecular formula is C12H17ClN2O2S. The fraction of sp³-hybridized carbons (Fsp3) is 0.583. The van der Waals surface area contributed by atoms with E-state index >= 15 is 0 Å². The van der Waals surface area contributed by atoms with Gasteiger partial charge in [0, 0.05) is 19.3 Å². The quantitative estimate of drug-likeness (QED) is 0.799. The van der Waals surface area contributed by atoms with Gasteiger partial charge in [0.1, 0.15) is 5.15 Å². The highest BCUT2D eigenvalue weighted by atomic mass is 35.5. The topological polar surface area (TPSA) is 50.3 Å². The number of hydrogen-bond donors (Lipinski definition) is 0. The smallest absolute Gasteiger partial charge is 0.211 e. The minimum atomic E-state index is -3.02. The third kappa shape index (κ3) is 3.67. The van der Waals surface area contributed by atoms with Gasteiger partial charge in [0.25, 0.3) is 0 Å². The van der Waals surface area contributed by atoms with E-state index in [0.717, 1.165) is 24.8 Å². The van der Waals surface area contributed by atoms with Gasteiger partial charge in [-0.05, 0) is 36.8 Å². The first-order valence-corrected chi connectivity index (χ1v) is 8.23. The van der Waals surface area contributed by atoms with Crippen LogP contribution in [0.25, 0.3) is 0 Å². The van der Waals surface area contributed by atoms with Crippen LogP contribution in [-0.2, 0) is 16.4 Å². The summed E-state index contributed by atoms with van der Waals surface area (Å²) in [7, 11) is -3.02. The average Bonchev–Trinajstić information content (AvgIpc) is 2.32. The summed E-state index contributed by atoms with van der Waals surface area (Å²) in [6.45, 7) is 1.26. The van der Waals surface area contributed by atoms with Gasteiger partial charge >= 0.3 is 0 Å². The maximum atomic E-state index is 11.4. The molecule has 0 atom stereocenters. The first-order valence-electron chi connectivity index (χ1n) is 6.01. The maximum Gasteiger partial charge on any atom is 0.211 e. The summed E-state index contributed by atoms with van der Waals surface area (Å²) in [5.41, 5.74) is 1.16. The number of rotatable bonds is 3. The van der Waals surface area contributed by atoms with Crippen LogP contribution in [0.1, 0.15) is 18.4 Å². The fourth-order valence-corrected chi connectivity index (χ4v) is 3.29. The van der Waals surface area contributed by atoms with Gasteiger partial charge in [-0.25, -0.2) is 17.7 Å². The number of halogens is 1. The molecule has 1 saturated heterocycles. The molecular weight excluding hydrogens is 272 g/mol. The molecule has 18 heavy (non-hydrogen) atoms. The highest BCUT2D eigenvalue weighted by molar-refractivity contribution is 7.88. The molecule has 1 aromatic heterocycles. The van der Waals surface area contributed by atoms with Crippen LogP contribution in [0.15, 0.2) is 18.3 Å². The normalized spacial score (nSPS) is 19.0. The SMILES string of the molecule is CS(=O)(=O)N1CCC(Cc2ccc(Cl)nc2)CC1. The highest BCUT2D eigenvalue weighted by Gasteiger charge is 2.24. The first kappa shape index (κ1) is 13.8. The second-order valence-electron chi connectivity index (χ2n) is 4.80. The molecule has 1 aromatic rings. The molecule has 2 heterocycles. The summed E-state index contributed by atoms with van der Waals surface area (Å²) >= 11 is 5.74. The Kier molecular flexibility index (Phi) is 4.25. The van der Waals surface area contributed by atoms with Crippen LogP contribution < -0.4 is 0 Å². The molecule has 4 nitrogen and oxygen atoms in total. The molecule has 0 aromatic carbocycles. The number of aromatic nitrogens is 1. The van der Waals surface area contributed by atoms with E-state index in [0.29, 0.717) is 24.2 Å². The van der Waals surface area contributed by atoms with Crippen LogP contribution >= 0.6 is 11.6 Å². The number of pyridine rings is 1. The number of hydrogen-bond acceptors (Lipinski definition) is 3. The Morgan fingerprint density at radius 1 is 1.39 bits per heavy atom. The molecule has 1 aliphatic rings. The Morgan fingerprint density at radius 2 is 2.06 bits per heavy atom. The van der Waals surface area contributed by atoms with E-state index in [-0.39, 0.29) is 0 Å². The van der Waals surface area contributed by atoms with Crippen molar-refractivity contribution in [2.75, 3.05) is 19.3 Å². The Balaban J connectivity index is 1.89. The molecule has 0 aliphatic carbocycles. The third-order valence-corrected chi connectivity index (χ3v) is 4.88. The van der Waals surface area contributed by atoms with Crippen molar-refractivity contribution in [1.29, 1.82) is 0 Å². The van der Waals surface area contributed by atoms with Crippen molar-refractivity contribution in [3.05, 3.63) is 29.0 Å². The zero-order chi connectivity index (χ0) is 13.2. The lowest BCUT2D eigenvalue weighted by Crippen LogP contribution is -2.38. The average molecular weight is 289 g/mol. The monoisotopic (exact) mass is 288 g/mol. The lowest BCUT2D eigenvalue weighted by molar-refractivity contribution is 0.274. The van der Waals surface area contributed by atoms with Gasteiger partial charge in [0.05, 0.1) is 6.26 Å². The second kappa shape index (κ2) is 5.55. The lowest BCUT2D eigenvalue weighted by Gasteiger charge is -2.30. The van der Waals surface area contributed by atoms with Gasteiger partial charge in [-0.3, -0.25) is 0 Å². The van der Waals surface area contributed by atoms with Gasteiger partial charge in [-0.1, -0.05) is 17.7 Å². The predicted octanol–water partition coefficient (Wildman–Crippen LogP) is 1.95. The van der Waals surface area contributed by atoms with E-state index in [1.54, 1.807) is 16.6 Å². The highest BCUT2D eigenvalue weighted by Crippen LogP contribution is 2.23. The van der Waals surface area contributed by atoms with Crippen LogP contribution in [0.5, 0.6) is 0 Å². The molecule has 1 aliphatic heterocycles. The van der Waals surface area contributed by atoms with Crippen molar-refractivity contribution in [3.8, 4) is 0 Å². The largest absolute Gasteiger partial charge is 0.244 e. The van der Waals surface area contributed by atoms with Crippen molar-refractivity contribution in [2.45, 2.75) is 19.3 Å². The summed E-state index contributed by atoms with van der Waals surface area (Å²) in [4.78, 5) is 4.06. The van der Waals surface area contributed by atoms with E-state index in [4.69, 9.17) is 11.6 Å². The lowest BCUT2D eigenvalue weighted by atomic mass is 9.92. The standard InChI is InChI=1S/C12H17ClN2O2S/c1-18(16,17)15-6-4-10(5-7-15)8-11-2-3-12(13)14-9-11/h2-3,9-10H,4-8H2,1H3. The molecule has 100 valence electrons. The van der Waals surface area contributed by atoms with Crippen molar-refractivity contribution in [3.63, 3.8) is 0 Å². The minimum absolute atomic E-state index is 0.505. The molecule has 0 bridgehead atoms. The molecule has 0 N–H and O–H groups in total. The van der Waals surface area contributed by atoms with E-state index in [9.17, 15) is 8.42 Å². The predicted molar refractivity (Wildman–Crippen MR) is 72.1 cm³/mol. The van der Waals surface area contributed by atoms with E-state index in [1.807, 2.05) is 6.07 Å². The van der Waals surface area contributed by atoms with E-state index < -0.39 is 10.0 Å². The van der Waals surface area contributed by atoms with Gasteiger partial charge in [0.15, 0.2) is 0 Å². The van der Waals surface area contributed by atoms with Crippen LogP contribution in [0.4, 0.5) is 0 Å². The van der Waals surface area contributed by atoms with Crippen LogP contribution in [0.3, 0.4) is 0 Å². The molecule has 0 unspecified atom stereocenters. The van der Waals surface area contributed by atoms with Gasteiger partial charge in [0.2, 0.25) is 10.0 Å². The maximum absolute atomic E-state index is 11.4. The molecule has 2 rings (SSSR count). The Labute approximate surface area is 113 Å². The zero-order valence-electron chi connectivity index (χ0n) is 10.3. The van der Waals surface area contributed by atoms with E-state index in [2.05, 4.69) is 4.98 Å². The van der Waals surface area contributed by atoms with Crippen molar-refractivity contribution >= 4 is 21.6 Å². The van der Waals surface area contributed by atoms with Gasteiger partial charge in [-0.15, -0.1) is 0 Å². The first-order chi connectivity index (χ1) is 8.45. The summed E-state index contributed by atoms with van der Waals surface area (Å²) in [5.74, 6) is 0.533. The van der Waals surface area contributed by atoms with Crippen LogP contribution in [0, 0.1) is 5.92 Å². The Hall–Kier alpha value is -0.650. The van der Waals surface area contributed by atoms with Crippen molar-refractivity contribution in [2.24, 2.45) is 5.92 Å². The molecule has 0 spiro atoms. The van der Waals surface area contributed by atoms with E-state index in [1.165, 1.54) is 6.26 Å². The van der Waals surface area contributed by atoms with Crippen LogP contribution in [0.2, 0.25) is 5.15 Å². The van der Waals surface area contributed by atoms with Crippen molar-refractivity contribution in [1.82, 2.24) is 9.29 Å². The Bertz CT molecular complexity index is 493.